The average Bonchev–Trinajstić information content (AvgIpc) is 2.19. The van der Waals surface area contributed by atoms with E-state index in [2.05, 4.69) is 0 Å². The number of rotatable bonds is 1. The summed E-state index contributed by atoms with van der Waals surface area (Å²) in [5.41, 5.74) is -0.621. The van der Waals surface area contributed by atoms with Crippen molar-refractivity contribution in [1.29, 1.82) is 5.26 Å². The predicted octanol–water partition coefficient (Wildman–Crippen LogP) is 3.48. The Morgan fingerprint density at radius 2 is 1.43 bits per heavy atom. The Hall–Kier alpha value is -0.920. The van der Waals surface area contributed by atoms with Crippen LogP contribution in [0.1, 0.15) is 5.56 Å². The van der Waals surface area contributed by atoms with Crippen molar-refractivity contribution < 1.29 is 13.2 Å². The van der Waals surface area contributed by atoms with Gasteiger partial charge in [0, 0.05) is 5.56 Å². The molecule has 0 saturated heterocycles. The third kappa shape index (κ3) is 1.66. The van der Waals surface area contributed by atoms with Crippen molar-refractivity contribution in [3.63, 3.8) is 0 Å². The summed E-state index contributed by atoms with van der Waals surface area (Å²) < 4.78 is 39.0. The molecule has 0 aliphatic heterocycles. The second kappa shape index (κ2) is 4.07. The molecule has 0 saturated carbocycles. The zero-order valence-electron chi connectivity index (χ0n) is 6.54. The first-order chi connectivity index (χ1) is 6.50. The SMILES string of the molecule is N#CCc1c(F)c(Cl)c(F)c(Cl)c1F. The molecule has 0 aromatic heterocycles. The quantitative estimate of drug-likeness (QED) is 0.544. The molecule has 0 N–H and O–H groups in total. The Balaban J connectivity index is 3.53. The fourth-order valence-corrected chi connectivity index (χ4v) is 1.35. The summed E-state index contributed by atoms with van der Waals surface area (Å²) in [6, 6.07) is 1.52. The average molecular weight is 240 g/mol. The van der Waals surface area contributed by atoms with Gasteiger partial charge < -0.3 is 0 Å². The molecule has 0 radical (unpaired) electrons. The molecule has 0 aliphatic rings. The Kier molecular flexibility index (Phi) is 3.25. The summed E-state index contributed by atoms with van der Waals surface area (Å²) in [5.74, 6) is -3.93. The third-order valence-corrected chi connectivity index (χ3v) is 2.22. The van der Waals surface area contributed by atoms with E-state index in [0.717, 1.165) is 0 Å². The molecule has 1 nitrogen and oxygen atoms in total. The van der Waals surface area contributed by atoms with Gasteiger partial charge in [0.25, 0.3) is 0 Å². The second-order valence-corrected chi connectivity index (χ2v) is 3.14. The van der Waals surface area contributed by atoms with E-state index in [1.54, 1.807) is 0 Å². The fraction of sp³-hybridized carbons (Fsp3) is 0.125. The van der Waals surface area contributed by atoms with Crippen LogP contribution in [-0.4, -0.2) is 0 Å². The van der Waals surface area contributed by atoms with Crippen LogP contribution in [0, 0.1) is 28.8 Å². The molecule has 0 heterocycles. The molecule has 0 spiro atoms. The lowest BCUT2D eigenvalue weighted by molar-refractivity contribution is 0.530. The summed E-state index contributed by atoms with van der Waals surface area (Å²) in [6.07, 6.45) is -0.558. The van der Waals surface area contributed by atoms with Crippen molar-refractivity contribution >= 4 is 23.2 Å². The minimum absolute atomic E-state index is 0.558. The van der Waals surface area contributed by atoms with E-state index in [1.165, 1.54) is 6.07 Å². The first kappa shape index (κ1) is 11.2. The zero-order chi connectivity index (χ0) is 10.9. The number of nitrogens with zero attached hydrogens (tertiary/aromatic N) is 1. The highest BCUT2D eigenvalue weighted by atomic mass is 35.5. The molecule has 0 unspecified atom stereocenters. The van der Waals surface area contributed by atoms with E-state index in [4.69, 9.17) is 28.5 Å². The highest BCUT2D eigenvalue weighted by Crippen LogP contribution is 2.31. The van der Waals surface area contributed by atoms with E-state index in [0.29, 0.717) is 0 Å². The van der Waals surface area contributed by atoms with Gasteiger partial charge in [-0.25, -0.2) is 13.2 Å². The smallest absolute Gasteiger partial charge is 0.166 e. The number of hydrogen-bond donors (Lipinski definition) is 0. The highest BCUT2D eigenvalue weighted by Gasteiger charge is 2.22. The van der Waals surface area contributed by atoms with Gasteiger partial charge in [-0.3, -0.25) is 0 Å². The van der Waals surface area contributed by atoms with Gasteiger partial charge in [0.15, 0.2) is 17.5 Å². The monoisotopic (exact) mass is 239 g/mol. The predicted molar refractivity (Wildman–Crippen MR) is 45.7 cm³/mol. The third-order valence-electron chi connectivity index (χ3n) is 1.56. The van der Waals surface area contributed by atoms with Crippen LogP contribution in [0.25, 0.3) is 0 Å². The van der Waals surface area contributed by atoms with Crippen LogP contribution in [0.4, 0.5) is 13.2 Å². The minimum atomic E-state index is -1.36. The van der Waals surface area contributed by atoms with Crippen molar-refractivity contribution in [2.45, 2.75) is 6.42 Å². The largest absolute Gasteiger partial charge is 0.205 e. The molecule has 0 aliphatic carbocycles. The molecule has 14 heavy (non-hydrogen) atoms. The summed E-state index contributed by atoms with van der Waals surface area (Å²) in [4.78, 5) is 0. The Labute approximate surface area is 87.7 Å². The van der Waals surface area contributed by atoms with E-state index in [1.807, 2.05) is 0 Å². The summed E-state index contributed by atoms with van der Waals surface area (Å²) in [5, 5.41) is 6.45. The first-order valence-corrected chi connectivity index (χ1v) is 4.13. The van der Waals surface area contributed by atoms with Crippen LogP contribution in [0.5, 0.6) is 0 Å². The van der Waals surface area contributed by atoms with Crippen LogP contribution in [0.2, 0.25) is 10.0 Å². The second-order valence-electron chi connectivity index (χ2n) is 2.38. The maximum Gasteiger partial charge on any atom is 0.166 e. The molecule has 0 bridgehead atoms. The maximum atomic E-state index is 13.1. The molecule has 74 valence electrons. The van der Waals surface area contributed by atoms with Crippen LogP contribution < -0.4 is 0 Å². The molecule has 0 atom stereocenters. The Bertz CT molecular complexity index is 397. The van der Waals surface area contributed by atoms with E-state index >= 15 is 0 Å². The molecule has 6 heteroatoms. The van der Waals surface area contributed by atoms with Crippen molar-refractivity contribution in [2.24, 2.45) is 0 Å². The normalized spacial score (nSPS) is 10.0. The zero-order valence-corrected chi connectivity index (χ0v) is 8.06. The van der Waals surface area contributed by atoms with Crippen molar-refractivity contribution in [3.05, 3.63) is 33.1 Å². The summed E-state index contributed by atoms with van der Waals surface area (Å²) in [6.45, 7) is 0. The van der Waals surface area contributed by atoms with Crippen LogP contribution in [-0.2, 0) is 6.42 Å². The lowest BCUT2D eigenvalue weighted by atomic mass is 10.1. The van der Waals surface area contributed by atoms with Gasteiger partial charge in [0.1, 0.15) is 10.0 Å². The van der Waals surface area contributed by atoms with Crippen molar-refractivity contribution in [3.8, 4) is 6.07 Å². The van der Waals surface area contributed by atoms with Crippen LogP contribution in [0.15, 0.2) is 0 Å². The molecule has 1 aromatic carbocycles. The molecular formula is C8H2Cl2F3N. The maximum absolute atomic E-state index is 13.1. The molecule has 0 amide bonds. The summed E-state index contributed by atoms with van der Waals surface area (Å²) in [7, 11) is 0. The van der Waals surface area contributed by atoms with Gasteiger partial charge in [-0.2, -0.15) is 5.26 Å². The lowest BCUT2D eigenvalue weighted by Gasteiger charge is -2.05. The Morgan fingerprint density at radius 1 is 1.00 bits per heavy atom. The van der Waals surface area contributed by atoms with Gasteiger partial charge >= 0.3 is 0 Å². The van der Waals surface area contributed by atoms with Gasteiger partial charge in [-0.05, 0) is 0 Å². The van der Waals surface area contributed by atoms with Gasteiger partial charge in [0.05, 0.1) is 12.5 Å². The van der Waals surface area contributed by atoms with Gasteiger partial charge in [-0.15, -0.1) is 0 Å². The van der Waals surface area contributed by atoms with E-state index < -0.39 is 39.5 Å². The Morgan fingerprint density at radius 3 is 1.79 bits per heavy atom. The minimum Gasteiger partial charge on any atom is -0.205 e. The molecular weight excluding hydrogens is 238 g/mol. The van der Waals surface area contributed by atoms with E-state index in [-0.39, 0.29) is 0 Å². The van der Waals surface area contributed by atoms with Crippen molar-refractivity contribution in [2.75, 3.05) is 0 Å². The van der Waals surface area contributed by atoms with Gasteiger partial charge in [0.2, 0.25) is 0 Å². The number of benzene rings is 1. The number of nitriles is 1. The molecule has 0 fully saturated rings. The van der Waals surface area contributed by atoms with Crippen LogP contribution >= 0.6 is 23.2 Å². The topological polar surface area (TPSA) is 23.8 Å². The molecule has 1 rings (SSSR count). The summed E-state index contributed by atoms with van der Waals surface area (Å²) >= 11 is 10.4. The fourth-order valence-electron chi connectivity index (χ4n) is 0.885. The first-order valence-electron chi connectivity index (χ1n) is 3.38. The van der Waals surface area contributed by atoms with Crippen molar-refractivity contribution in [1.82, 2.24) is 0 Å². The van der Waals surface area contributed by atoms with Crippen LogP contribution in [0.3, 0.4) is 0 Å². The number of hydrogen-bond acceptors (Lipinski definition) is 1. The van der Waals surface area contributed by atoms with E-state index in [9.17, 15) is 13.2 Å². The molecule has 1 aromatic rings. The highest BCUT2D eigenvalue weighted by molar-refractivity contribution is 6.35. The lowest BCUT2D eigenvalue weighted by Crippen LogP contribution is -2.00. The standard InChI is InChI=1S/C8H2Cl2F3N/c9-4-6(11)3(1-2-14)7(12)5(10)8(4)13/h1H2. The van der Waals surface area contributed by atoms with Gasteiger partial charge in [-0.1, -0.05) is 23.2 Å². The number of halogens is 5.